The van der Waals surface area contributed by atoms with Gasteiger partial charge in [0.15, 0.2) is 5.78 Å². The largest absolute Gasteiger partial charge is 0.497 e. The van der Waals surface area contributed by atoms with Gasteiger partial charge in [-0.25, -0.2) is 0 Å². The van der Waals surface area contributed by atoms with Crippen molar-refractivity contribution in [2.24, 2.45) is 0 Å². The first-order valence-corrected chi connectivity index (χ1v) is 9.70. The number of ether oxygens (including phenoxy) is 1. The van der Waals surface area contributed by atoms with Crippen molar-refractivity contribution in [3.63, 3.8) is 0 Å². The van der Waals surface area contributed by atoms with E-state index in [1.807, 2.05) is 54.3 Å². The van der Waals surface area contributed by atoms with E-state index in [1.165, 1.54) is 0 Å². The van der Waals surface area contributed by atoms with Crippen LogP contribution in [0.1, 0.15) is 40.4 Å². The highest BCUT2D eigenvalue weighted by Gasteiger charge is 2.28. The van der Waals surface area contributed by atoms with E-state index in [0.717, 1.165) is 23.4 Å². The number of carbonyl (C=O) groups excluding carboxylic acids is 2. The number of piperazine rings is 1. The number of benzene rings is 2. The molecule has 3 rings (SSSR count). The van der Waals surface area contributed by atoms with Gasteiger partial charge in [0.05, 0.1) is 13.2 Å². The molecular weight excluding hydrogens is 352 g/mol. The Kier molecular flexibility index (Phi) is 6.47. The molecule has 5 heteroatoms. The predicted octanol–water partition coefficient (Wildman–Crippen LogP) is 3.48. The van der Waals surface area contributed by atoms with E-state index in [1.54, 1.807) is 7.11 Å². The Morgan fingerprint density at radius 2 is 1.82 bits per heavy atom. The minimum atomic E-state index is 0.0202. The Hall–Kier alpha value is -2.66. The van der Waals surface area contributed by atoms with Crippen LogP contribution in [-0.2, 0) is 4.79 Å². The van der Waals surface area contributed by atoms with Crippen molar-refractivity contribution in [1.82, 2.24) is 9.80 Å². The number of hydrogen-bond donors (Lipinski definition) is 0. The van der Waals surface area contributed by atoms with Gasteiger partial charge in [-0.05, 0) is 31.7 Å². The number of nitrogens with zero attached hydrogens (tertiary/aromatic N) is 2. The van der Waals surface area contributed by atoms with Crippen molar-refractivity contribution in [3.05, 3.63) is 65.2 Å². The number of Topliss-reactive ketones (excluding diaryl/α,β-unsaturated/α-hetero) is 1. The van der Waals surface area contributed by atoms with Crippen molar-refractivity contribution in [1.29, 1.82) is 0 Å². The van der Waals surface area contributed by atoms with E-state index >= 15 is 0 Å². The monoisotopic (exact) mass is 380 g/mol. The summed E-state index contributed by atoms with van der Waals surface area (Å²) in [6, 6.07) is 15.6. The first-order valence-electron chi connectivity index (χ1n) is 9.70. The molecule has 2 aromatic rings. The summed E-state index contributed by atoms with van der Waals surface area (Å²) in [4.78, 5) is 29.2. The number of methoxy groups -OCH3 is 1. The number of hydrogen-bond acceptors (Lipinski definition) is 4. The van der Waals surface area contributed by atoms with Gasteiger partial charge < -0.3 is 9.64 Å². The molecule has 0 spiro atoms. The molecule has 0 radical (unpaired) electrons. The maximum absolute atomic E-state index is 12.7. The fourth-order valence-electron chi connectivity index (χ4n) is 3.57. The van der Waals surface area contributed by atoms with Crippen molar-refractivity contribution >= 4 is 11.7 Å². The summed E-state index contributed by atoms with van der Waals surface area (Å²) in [6.45, 7) is 4.11. The van der Waals surface area contributed by atoms with E-state index in [2.05, 4.69) is 18.0 Å². The van der Waals surface area contributed by atoms with E-state index in [-0.39, 0.29) is 30.6 Å². The van der Waals surface area contributed by atoms with Gasteiger partial charge in [0.1, 0.15) is 5.75 Å². The molecule has 1 saturated heterocycles. The Balaban J connectivity index is 1.60. The van der Waals surface area contributed by atoms with Gasteiger partial charge in [-0.15, -0.1) is 0 Å². The number of likely N-dealkylation sites (N-methyl/N-ethyl adjacent to an activating group) is 1. The number of amides is 1. The Bertz CT molecular complexity index is 832. The normalized spacial score (nSPS) is 17.4. The molecule has 0 aromatic heterocycles. The highest BCUT2D eigenvalue weighted by Crippen LogP contribution is 2.27. The van der Waals surface area contributed by atoms with Crippen molar-refractivity contribution < 1.29 is 14.3 Å². The Morgan fingerprint density at radius 3 is 2.54 bits per heavy atom. The number of aryl methyl sites for hydroxylation is 1. The van der Waals surface area contributed by atoms with Crippen LogP contribution in [0.4, 0.5) is 0 Å². The molecule has 28 heavy (non-hydrogen) atoms. The van der Waals surface area contributed by atoms with E-state index in [4.69, 9.17) is 4.74 Å². The lowest BCUT2D eigenvalue weighted by Crippen LogP contribution is -2.49. The highest BCUT2D eigenvalue weighted by atomic mass is 16.5. The number of ketones is 1. The number of rotatable bonds is 6. The maximum atomic E-state index is 12.7. The van der Waals surface area contributed by atoms with Crippen molar-refractivity contribution in [2.45, 2.75) is 25.8 Å². The van der Waals surface area contributed by atoms with Gasteiger partial charge in [-0.2, -0.15) is 0 Å². The first-order chi connectivity index (χ1) is 13.5. The molecule has 148 valence electrons. The van der Waals surface area contributed by atoms with Crippen LogP contribution in [0.3, 0.4) is 0 Å². The average molecular weight is 380 g/mol. The van der Waals surface area contributed by atoms with Gasteiger partial charge in [-0.1, -0.05) is 42.0 Å². The van der Waals surface area contributed by atoms with Crippen LogP contribution in [0.15, 0.2) is 48.5 Å². The highest BCUT2D eigenvalue weighted by molar-refractivity contribution is 5.98. The predicted molar refractivity (Wildman–Crippen MR) is 110 cm³/mol. The molecule has 1 aliphatic heterocycles. The second-order valence-corrected chi connectivity index (χ2v) is 7.40. The summed E-state index contributed by atoms with van der Waals surface area (Å²) in [5.41, 5.74) is 2.93. The standard InChI is InChI=1S/C23H28N2O3/c1-17-7-9-18(10-8-17)22(26)11-12-23(27)25-14-13-24(2)21(16-25)19-5-4-6-20(15-19)28-3/h4-10,15,21H,11-14,16H2,1-3H3. The molecule has 1 aliphatic rings. The zero-order valence-electron chi connectivity index (χ0n) is 16.9. The summed E-state index contributed by atoms with van der Waals surface area (Å²) >= 11 is 0. The topological polar surface area (TPSA) is 49.9 Å². The van der Waals surface area contributed by atoms with Gasteiger partial charge in [0, 0.05) is 38.0 Å². The zero-order chi connectivity index (χ0) is 20.1. The van der Waals surface area contributed by atoms with Crippen molar-refractivity contribution in [2.75, 3.05) is 33.8 Å². The first kappa shape index (κ1) is 20.1. The lowest BCUT2D eigenvalue weighted by atomic mass is 10.0. The Morgan fingerprint density at radius 1 is 1.07 bits per heavy atom. The van der Waals surface area contributed by atoms with Crippen LogP contribution in [0.5, 0.6) is 5.75 Å². The number of carbonyl (C=O) groups is 2. The van der Waals surface area contributed by atoms with Gasteiger partial charge in [-0.3, -0.25) is 14.5 Å². The SMILES string of the molecule is COc1cccc(C2CN(C(=O)CCC(=O)c3ccc(C)cc3)CCN2C)c1. The van der Waals surface area contributed by atoms with Crippen LogP contribution in [-0.4, -0.2) is 55.3 Å². The molecule has 1 unspecified atom stereocenters. The fraction of sp³-hybridized carbons (Fsp3) is 0.391. The molecule has 1 fully saturated rings. The Labute approximate surface area is 166 Å². The lowest BCUT2D eigenvalue weighted by Gasteiger charge is -2.39. The summed E-state index contributed by atoms with van der Waals surface area (Å²) in [5, 5.41) is 0. The van der Waals surface area contributed by atoms with E-state index in [9.17, 15) is 9.59 Å². The minimum Gasteiger partial charge on any atom is -0.497 e. The summed E-state index contributed by atoms with van der Waals surface area (Å²) in [7, 11) is 3.73. The maximum Gasteiger partial charge on any atom is 0.223 e. The smallest absolute Gasteiger partial charge is 0.223 e. The van der Waals surface area contributed by atoms with Gasteiger partial charge in [0.2, 0.25) is 5.91 Å². The fourth-order valence-corrected chi connectivity index (χ4v) is 3.57. The molecule has 0 bridgehead atoms. The van der Waals surface area contributed by atoms with Crippen LogP contribution in [0, 0.1) is 6.92 Å². The van der Waals surface area contributed by atoms with Gasteiger partial charge >= 0.3 is 0 Å². The summed E-state index contributed by atoms with van der Waals surface area (Å²) < 4.78 is 5.33. The molecule has 1 amide bonds. The third-order valence-corrected chi connectivity index (χ3v) is 5.42. The molecule has 0 aliphatic carbocycles. The molecule has 0 N–H and O–H groups in total. The van der Waals surface area contributed by atoms with Gasteiger partial charge in [0.25, 0.3) is 0 Å². The van der Waals surface area contributed by atoms with E-state index < -0.39 is 0 Å². The third-order valence-electron chi connectivity index (χ3n) is 5.42. The molecule has 5 nitrogen and oxygen atoms in total. The second-order valence-electron chi connectivity index (χ2n) is 7.40. The molecular formula is C23H28N2O3. The molecule has 0 saturated carbocycles. The lowest BCUT2D eigenvalue weighted by molar-refractivity contribution is -0.134. The third kappa shape index (κ3) is 4.78. The molecule has 2 aromatic carbocycles. The zero-order valence-corrected chi connectivity index (χ0v) is 16.9. The van der Waals surface area contributed by atoms with Crippen LogP contribution in [0.25, 0.3) is 0 Å². The quantitative estimate of drug-likeness (QED) is 0.720. The second kappa shape index (κ2) is 9.02. The summed E-state index contributed by atoms with van der Waals surface area (Å²) in [6.07, 6.45) is 0.499. The van der Waals surface area contributed by atoms with Crippen LogP contribution < -0.4 is 4.74 Å². The molecule has 1 atom stereocenters. The van der Waals surface area contributed by atoms with E-state index in [0.29, 0.717) is 18.7 Å². The van der Waals surface area contributed by atoms with Crippen molar-refractivity contribution in [3.8, 4) is 5.75 Å². The minimum absolute atomic E-state index is 0.0202. The van der Waals surface area contributed by atoms with Crippen LogP contribution in [0.2, 0.25) is 0 Å². The molecule has 1 heterocycles. The van der Waals surface area contributed by atoms with Crippen LogP contribution >= 0.6 is 0 Å². The summed E-state index contributed by atoms with van der Waals surface area (Å²) in [5.74, 6) is 0.881. The average Bonchev–Trinajstić information content (AvgIpc) is 2.72.